The maximum absolute atomic E-state index is 12.2. The highest BCUT2D eigenvalue weighted by Gasteiger charge is 2.21. The maximum Gasteiger partial charge on any atom is 0.286 e. The molecule has 0 aliphatic heterocycles. The summed E-state index contributed by atoms with van der Waals surface area (Å²) >= 11 is 5.80. The Morgan fingerprint density at radius 1 is 1.18 bits per heavy atom. The fourth-order valence-electron chi connectivity index (χ4n) is 1.64. The van der Waals surface area contributed by atoms with Crippen LogP contribution in [0.25, 0.3) is 0 Å². The predicted molar refractivity (Wildman–Crippen MR) is 82.5 cm³/mol. The lowest BCUT2D eigenvalue weighted by atomic mass is 10.2. The van der Waals surface area contributed by atoms with Gasteiger partial charge in [0.05, 0.1) is 9.95 Å². The lowest BCUT2D eigenvalue weighted by Gasteiger charge is -2.04. The molecule has 0 unspecified atom stereocenters. The number of hydrogen-bond acceptors (Lipinski definition) is 4. The molecule has 0 aliphatic carbocycles. The molecule has 0 fully saturated rings. The highest BCUT2D eigenvalue weighted by molar-refractivity contribution is 7.90. The van der Waals surface area contributed by atoms with E-state index in [-0.39, 0.29) is 10.9 Å². The Morgan fingerprint density at radius 2 is 1.82 bits per heavy atom. The van der Waals surface area contributed by atoms with Crippen LogP contribution in [-0.2, 0) is 10.0 Å². The molecule has 2 aromatic carbocycles. The number of nitro groups is 1. The van der Waals surface area contributed by atoms with Crippen LogP contribution in [0.5, 0.6) is 0 Å². The molecule has 22 heavy (non-hydrogen) atoms. The molecular weight excluding hydrogens is 330 g/mol. The van der Waals surface area contributed by atoms with E-state index in [2.05, 4.69) is 4.40 Å². The molecule has 0 saturated carbocycles. The monoisotopic (exact) mass is 339 g/mol. The van der Waals surface area contributed by atoms with Crippen molar-refractivity contribution in [3.05, 3.63) is 69.2 Å². The third-order valence-corrected chi connectivity index (χ3v) is 4.46. The fraction of sp³-hybridized carbons (Fsp3) is 0. The van der Waals surface area contributed by atoms with Gasteiger partial charge in [-0.15, -0.1) is 4.40 Å². The molecule has 0 spiro atoms. The molecule has 0 atom stereocenters. The number of halogens is 1. The van der Waals surface area contributed by atoms with Crippen LogP contribution in [0.2, 0.25) is 5.02 Å². The van der Waals surface area contributed by atoms with Crippen molar-refractivity contribution in [1.82, 2.24) is 0 Å². The van der Waals surface area contributed by atoms with Crippen LogP contribution in [0, 0.1) is 10.1 Å². The Morgan fingerprint density at radius 3 is 2.41 bits per heavy atom. The highest BCUT2D eigenvalue weighted by Crippen LogP contribution is 2.27. The Hall–Kier alpha value is -2.45. The summed E-state index contributed by atoms with van der Waals surface area (Å²) in [5.74, 6) is -0.233. The van der Waals surface area contributed by atoms with Crippen molar-refractivity contribution in [2.45, 2.75) is 4.90 Å². The zero-order valence-electron chi connectivity index (χ0n) is 11.0. The minimum atomic E-state index is -4.27. The van der Waals surface area contributed by atoms with E-state index in [9.17, 15) is 18.5 Å². The SMILES string of the molecule is NC(=NS(=O)(=O)c1cc([N+](=O)[O-])ccc1Cl)c1ccccc1. The summed E-state index contributed by atoms with van der Waals surface area (Å²) in [6, 6.07) is 11.3. The van der Waals surface area contributed by atoms with E-state index in [4.69, 9.17) is 17.3 Å². The normalized spacial score (nSPS) is 12.1. The van der Waals surface area contributed by atoms with E-state index in [1.54, 1.807) is 30.3 Å². The molecule has 0 radical (unpaired) electrons. The first-order valence-corrected chi connectivity index (χ1v) is 7.73. The number of nitrogens with two attached hydrogens (primary N) is 1. The van der Waals surface area contributed by atoms with Crippen LogP contribution in [0.4, 0.5) is 5.69 Å². The first-order valence-electron chi connectivity index (χ1n) is 5.91. The van der Waals surface area contributed by atoms with Crippen LogP contribution in [0.15, 0.2) is 57.8 Å². The number of sulfonamides is 1. The van der Waals surface area contributed by atoms with E-state index < -0.39 is 25.5 Å². The summed E-state index contributed by atoms with van der Waals surface area (Å²) in [6.07, 6.45) is 0. The maximum atomic E-state index is 12.2. The molecule has 0 saturated heterocycles. The molecule has 7 nitrogen and oxygen atoms in total. The Bertz CT molecular complexity index is 851. The van der Waals surface area contributed by atoms with Crippen molar-refractivity contribution < 1.29 is 13.3 Å². The Balaban J connectivity index is 2.52. The van der Waals surface area contributed by atoms with Gasteiger partial charge in [-0.05, 0) is 6.07 Å². The van der Waals surface area contributed by atoms with Crippen LogP contribution in [0.1, 0.15) is 5.56 Å². The van der Waals surface area contributed by atoms with Crippen LogP contribution in [0.3, 0.4) is 0 Å². The van der Waals surface area contributed by atoms with Crippen molar-refractivity contribution >= 4 is 33.1 Å². The minimum absolute atomic E-state index is 0.171. The zero-order chi connectivity index (χ0) is 16.3. The van der Waals surface area contributed by atoms with Gasteiger partial charge < -0.3 is 5.73 Å². The number of nitro benzene ring substituents is 1. The quantitative estimate of drug-likeness (QED) is 0.397. The van der Waals surface area contributed by atoms with Gasteiger partial charge in [0.15, 0.2) is 0 Å². The van der Waals surface area contributed by atoms with Gasteiger partial charge in [-0.2, -0.15) is 8.42 Å². The van der Waals surface area contributed by atoms with E-state index in [0.717, 1.165) is 18.2 Å². The topological polar surface area (TPSA) is 116 Å². The summed E-state index contributed by atoms with van der Waals surface area (Å²) < 4.78 is 27.9. The summed E-state index contributed by atoms with van der Waals surface area (Å²) in [4.78, 5) is 9.55. The lowest BCUT2D eigenvalue weighted by molar-refractivity contribution is -0.385. The molecule has 114 valence electrons. The Labute approximate surface area is 131 Å². The first kappa shape index (κ1) is 15.9. The molecule has 2 aromatic rings. The molecule has 0 heterocycles. The summed E-state index contributed by atoms with van der Waals surface area (Å²) in [7, 11) is -4.27. The van der Waals surface area contributed by atoms with Gasteiger partial charge in [-0.3, -0.25) is 10.1 Å². The highest BCUT2D eigenvalue weighted by atomic mass is 35.5. The minimum Gasteiger partial charge on any atom is -0.383 e. The van der Waals surface area contributed by atoms with Crippen molar-refractivity contribution in [2.24, 2.45) is 10.1 Å². The number of benzene rings is 2. The predicted octanol–water partition coefficient (Wildman–Crippen LogP) is 2.34. The second-order valence-corrected chi connectivity index (χ2v) is 6.17. The molecule has 0 bridgehead atoms. The summed E-state index contributed by atoms with van der Waals surface area (Å²) in [5, 5.41) is 10.6. The van der Waals surface area contributed by atoms with E-state index in [1.807, 2.05) is 0 Å². The van der Waals surface area contributed by atoms with Gasteiger partial charge in [0.1, 0.15) is 10.7 Å². The molecule has 0 aromatic heterocycles. The zero-order valence-corrected chi connectivity index (χ0v) is 12.6. The van der Waals surface area contributed by atoms with Gasteiger partial charge in [0, 0.05) is 17.7 Å². The standard InChI is InChI=1S/C13H10ClN3O4S/c14-11-7-6-10(17(18)19)8-12(11)22(20,21)16-13(15)9-4-2-1-3-5-9/h1-8H,(H2,15,16). The molecule has 0 aliphatic rings. The number of amidine groups is 1. The van der Waals surface area contributed by atoms with E-state index >= 15 is 0 Å². The van der Waals surface area contributed by atoms with Gasteiger partial charge in [-0.25, -0.2) is 0 Å². The average Bonchev–Trinajstić information content (AvgIpc) is 2.47. The number of rotatable bonds is 4. The van der Waals surface area contributed by atoms with E-state index in [1.165, 1.54) is 0 Å². The van der Waals surface area contributed by atoms with Crippen LogP contribution in [-0.4, -0.2) is 19.2 Å². The molecular formula is C13H10ClN3O4S. The lowest BCUT2D eigenvalue weighted by Crippen LogP contribution is -2.16. The van der Waals surface area contributed by atoms with E-state index in [0.29, 0.717) is 5.56 Å². The van der Waals surface area contributed by atoms with Gasteiger partial charge in [-0.1, -0.05) is 41.9 Å². The molecule has 9 heteroatoms. The van der Waals surface area contributed by atoms with Crippen molar-refractivity contribution in [3.63, 3.8) is 0 Å². The third-order valence-electron chi connectivity index (χ3n) is 2.69. The smallest absolute Gasteiger partial charge is 0.286 e. The number of hydrogen-bond donors (Lipinski definition) is 1. The van der Waals surface area contributed by atoms with Gasteiger partial charge >= 0.3 is 0 Å². The third kappa shape index (κ3) is 3.41. The largest absolute Gasteiger partial charge is 0.383 e. The second kappa shape index (κ2) is 6.12. The molecule has 0 amide bonds. The Kier molecular flexibility index (Phi) is 4.43. The second-order valence-electron chi connectivity index (χ2n) is 4.19. The van der Waals surface area contributed by atoms with Crippen LogP contribution >= 0.6 is 11.6 Å². The molecule has 2 N–H and O–H groups in total. The van der Waals surface area contributed by atoms with Crippen molar-refractivity contribution in [1.29, 1.82) is 0 Å². The summed E-state index contributed by atoms with van der Waals surface area (Å²) in [5.41, 5.74) is 5.66. The molecule has 2 rings (SSSR count). The van der Waals surface area contributed by atoms with Crippen molar-refractivity contribution in [3.8, 4) is 0 Å². The van der Waals surface area contributed by atoms with Crippen molar-refractivity contribution in [2.75, 3.05) is 0 Å². The van der Waals surface area contributed by atoms with Gasteiger partial charge in [0.25, 0.3) is 15.7 Å². The number of non-ortho nitro benzene ring substituents is 1. The van der Waals surface area contributed by atoms with Gasteiger partial charge in [0.2, 0.25) is 0 Å². The van der Waals surface area contributed by atoms with Crippen LogP contribution < -0.4 is 5.73 Å². The average molecular weight is 340 g/mol. The summed E-state index contributed by atoms with van der Waals surface area (Å²) in [6.45, 7) is 0. The fourth-order valence-corrected chi connectivity index (χ4v) is 3.10. The first-order chi connectivity index (χ1) is 10.3. The number of nitrogens with zero attached hydrogens (tertiary/aromatic N) is 2.